The van der Waals surface area contributed by atoms with Gasteiger partial charge in [0.15, 0.2) is 0 Å². The lowest BCUT2D eigenvalue weighted by atomic mass is 9.98. The van der Waals surface area contributed by atoms with E-state index in [0.717, 1.165) is 0 Å². The number of rotatable bonds is 16. The third kappa shape index (κ3) is 11.2. The Kier molecular flexibility index (Phi) is 12.8. The zero-order valence-electron chi connectivity index (χ0n) is 18.8. The number of primary amides is 1. The van der Waals surface area contributed by atoms with Crippen molar-refractivity contribution in [1.82, 2.24) is 16.0 Å². The zero-order valence-corrected chi connectivity index (χ0v) is 18.8. The van der Waals surface area contributed by atoms with E-state index in [1.165, 1.54) is 0 Å². The summed E-state index contributed by atoms with van der Waals surface area (Å²) in [5.74, 6) is -8.83. The minimum absolute atomic E-state index is 0.265. The van der Waals surface area contributed by atoms with Gasteiger partial charge < -0.3 is 42.7 Å². The van der Waals surface area contributed by atoms with Gasteiger partial charge in [0, 0.05) is 6.42 Å². The van der Waals surface area contributed by atoms with Crippen LogP contribution in [0.2, 0.25) is 0 Å². The SMILES string of the molecule is CCC(C)C(N)C(=O)NC(CCC(=O)O)C(=O)NC(CC(N)=O)C(=O)NC(CC(=O)O)C(=O)O. The van der Waals surface area contributed by atoms with E-state index in [9.17, 15) is 33.6 Å². The molecule has 0 bridgehead atoms. The Balaban J connectivity index is 5.64. The van der Waals surface area contributed by atoms with Gasteiger partial charge >= 0.3 is 17.9 Å². The van der Waals surface area contributed by atoms with Gasteiger partial charge in [-0.25, -0.2) is 4.79 Å². The van der Waals surface area contributed by atoms with Crippen molar-refractivity contribution in [2.45, 2.75) is 70.1 Å². The van der Waals surface area contributed by atoms with E-state index < -0.39 is 85.0 Å². The summed E-state index contributed by atoms with van der Waals surface area (Å²) in [6.45, 7) is 3.48. The van der Waals surface area contributed by atoms with Crippen LogP contribution in [0.25, 0.3) is 0 Å². The first-order valence-corrected chi connectivity index (χ1v) is 10.3. The second-order valence-corrected chi connectivity index (χ2v) is 7.63. The van der Waals surface area contributed by atoms with Gasteiger partial charge in [0.05, 0.1) is 18.9 Å². The minimum Gasteiger partial charge on any atom is -0.481 e. The molecule has 0 aliphatic heterocycles. The normalized spacial score (nSPS) is 15.0. The van der Waals surface area contributed by atoms with Crippen LogP contribution in [0.4, 0.5) is 0 Å². The Hall–Kier alpha value is -3.75. The number of carbonyl (C=O) groups excluding carboxylic acids is 4. The Morgan fingerprint density at radius 1 is 0.765 bits per heavy atom. The second-order valence-electron chi connectivity index (χ2n) is 7.63. The summed E-state index contributed by atoms with van der Waals surface area (Å²) in [5.41, 5.74) is 10.9. The molecule has 0 aromatic rings. The van der Waals surface area contributed by atoms with Crippen LogP contribution in [0.3, 0.4) is 0 Å². The average molecular weight is 489 g/mol. The molecule has 0 aromatic carbocycles. The number of nitrogens with two attached hydrogens (primary N) is 2. The molecule has 0 aromatic heterocycles. The fourth-order valence-corrected chi connectivity index (χ4v) is 2.65. The quantitative estimate of drug-likeness (QED) is 0.109. The summed E-state index contributed by atoms with van der Waals surface area (Å²) in [7, 11) is 0. The van der Waals surface area contributed by atoms with Crippen molar-refractivity contribution in [2.75, 3.05) is 0 Å². The highest BCUT2D eigenvalue weighted by molar-refractivity contribution is 5.96. The Labute approximate surface area is 194 Å². The summed E-state index contributed by atoms with van der Waals surface area (Å²) in [6, 6.07) is -6.07. The molecule has 15 nitrogen and oxygen atoms in total. The van der Waals surface area contributed by atoms with Crippen LogP contribution in [0.1, 0.15) is 46.0 Å². The molecular formula is C19H31N5O10. The summed E-state index contributed by atoms with van der Waals surface area (Å²) in [5, 5.41) is 33.1. The fraction of sp³-hybridized carbons (Fsp3) is 0.632. The van der Waals surface area contributed by atoms with Crippen LogP contribution < -0.4 is 27.4 Å². The van der Waals surface area contributed by atoms with Gasteiger partial charge in [-0.3, -0.25) is 28.8 Å². The largest absolute Gasteiger partial charge is 0.481 e. The van der Waals surface area contributed by atoms with Crippen LogP contribution in [0.5, 0.6) is 0 Å². The van der Waals surface area contributed by atoms with Gasteiger partial charge in [-0.15, -0.1) is 0 Å². The number of hydrogen-bond acceptors (Lipinski definition) is 8. The van der Waals surface area contributed by atoms with Crippen molar-refractivity contribution in [3.63, 3.8) is 0 Å². The molecule has 0 saturated heterocycles. The lowest BCUT2D eigenvalue weighted by Gasteiger charge is -2.25. The number of carbonyl (C=O) groups is 7. The van der Waals surface area contributed by atoms with Crippen molar-refractivity contribution in [1.29, 1.82) is 0 Å². The predicted octanol–water partition coefficient (Wildman–Crippen LogP) is -2.89. The first-order valence-electron chi connectivity index (χ1n) is 10.3. The number of amides is 4. The third-order valence-electron chi connectivity index (χ3n) is 4.87. The second kappa shape index (κ2) is 14.4. The maximum Gasteiger partial charge on any atom is 0.326 e. The molecule has 0 aliphatic rings. The summed E-state index contributed by atoms with van der Waals surface area (Å²) >= 11 is 0. The smallest absolute Gasteiger partial charge is 0.326 e. The van der Waals surface area contributed by atoms with E-state index in [2.05, 4.69) is 10.6 Å². The Bertz CT molecular complexity index is 802. The molecule has 0 spiro atoms. The molecule has 0 radical (unpaired) electrons. The molecule has 0 rings (SSSR count). The highest BCUT2D eigenvalue weighted by Gasteiger charge is 2.32. The van der Waals surface area contributed by atoms with Crippen LogP contribution in [-0.4, -0.2) is 81.0 Å². The Morgan fingerprint density at radius 2 is 1.26 bits per heavy atom. The molecular weight excluding hydrogens is 458 g/mol. The van der Waals surface area contributed by atoms with Crippen molar-refractivity contribution in [3.8, 4) is 0 Å². The van der Waals surface area contributed by atoms with Crippen LogP contribution in [0, 0.1) is 5.92 Å². The molecule has 4 amide bonds. The molecule has 34 heavy (non-hydrogen) atoms. The summed E-state index contributed by atoms with van der Waals surface area (Å²) in [4.78, 5) is 81.9. The lowest BCUT2D eigenvalue weighted by molar-refractivity contribution is -0.147. The minimum atomic E-state index is -1.87. The molecule has 192 valence electrons. The van der Waals surface area contributed by atoms with E-state index in [1.807, 2.05) is 5.32 Å². The molecule has 5 atom stereocenters. The van der Waals surface area contributed by atoms with E-state index in [4.69, 9.17) is 26.8 Å². The van der Waals surface area contributed by atoms with Crippen molar-refractivity contribution >= 4 is 41.5 Å². The Morgan fingerprint density at radius 3 is 1.71 bits per heavy atom. The molecule has 0 fully saturated rings. The number of carboxylic acid groups (broad SMARTS) is 3. The molecule has 0 aliphatic carbocycles. The standard InChI is InChI=1S/C19H31N5O10/c1-3-8(2)15(21)18(32)22-9(4-5-13(26)27)16(30)23-10(6-12(20)25)17(31)24-11(19(33)34)7-14(28)29/h8-11,15H,3-7,21H2,1-2H3,(H2,20,25)(H,22,32)(H,23,30)(H,24,31)(H,26,27)(H,28,29)(H,33,34). The highest BCUT2D eigenvalue weighted by Crippen LogP contribution is 2.08. The first-order chi connectivity index (χ1) is 15.7. The lowest BCUT2D eigenvalue weighted by Crippen LogP contribution is -2.58. The molecule has 5 unspecified atom stereocenters. The highest BCUT2D eigenvalue weighted by atomic mass is 16.4. The number of hydrogen-bond donors (Lipinski definition) is 8. The molecule has 10 N–H and O–H groups in total. The molecule has 0 saturated carbocycles. The van der Waals surface area contributed by atoms with Crippen LogP contribution >= 0.6 is 0 Å². The van der Waals surface area contributed by atoms with Gasteiger partial charge in [-0.1, -0.05) is 20.3 Å². The van der Waals surface area contributed by atoms with Gasteiger partial charge in [0.1, 0.15) is 18.1 Å². The van der Waals surface area contributed by atoms with Crippen molar-refractivity contribution < 1.29 is 48.9 Å². The van der Waals surface area contributed by atoms with Crippen molar-refractivity contribution in [3.05, 3.63) is 0 Å². The maximum atomic E-state index is 12.7. The van der Waals surface area contributed by atoms with Gasteiger partial charge in [-0.05, 0) is 12.3 Å². The fourth-order valence-electron chi connectivity index (χ4n) is 2.65. The predicted molar refractivity (Wildman–Crippen MR) is 114 cm³/mol. The zero-order chi connectivity index (χ0) is 26.6. The topological polar surface area (TPSA) is 268 Å². The third-order valence-corrected chi connectivity index (χ3v) is 4.87. The van der Waals surface area contributed by atoms with Gasteiger partial charge in [0.25, 0.3) is 0 Å². The number of aliphatic carboxylic acids is 3. The van der Waals surface area contributed by atoms with E-state index >= 15 is 0 Å². The monoisotopic (exact) mass is 489 g/mol. The van der Waals surface area contributed by atoms with Crippen molar-refractivity contribution in [2.24, 2.45) is 17.4 Å². The number of nitrogens with one attached hydrogen (secondary N) is 3. The van der Waals surface area contributed by atoms with Crippen LogP contribution in [-0.2, 0) is 33.6 Å². The number of carboxylic acids is 3. The maximum absolute atomic E-state index is 12.7. The van der Waals surface area contributed by atoms with E-state index in [0.29, 0.717) is 6.42 Å². The molecule has 15 heteroatoms. The van der Waals surface area contributed by atoms with Gasteiger partial charge in [0.2, 0.25) is 23.6 Å². The van der Waals surface area contributed by atoms with E-state index in [-0.39, 0.29) is 12.3 Å². The summed E-state index contributed by atoms with van der Waals surface area (Å²) < 4.78 is 0. The van der Waals surface area contributed by atoms with Gasteiger partial charge in [-0.2, -0.15) is 0 Å². The summed E-state index contributed by atoms with van der Waals surface area (Å²) in [6.07, 6.45) is -2.15. The van der Waals surface area contributed by atoms with Crippen LogP contribution in [0.15, 0.2) is 0 Å². The van der Waals surface area contributed by atoms with E-state index in [1.54, 1.807) is 13.8 Å². The molecule has 0 heterocycles. The first kappa shape index (κ1) is 30.2. The average Bonchev–Trinajstić information content (AvgIpc) is 2.73.